The molecular formula is C22H20F6N6O2S. The van der Waals surface area contributed by atoms with Crippen molar-refractivity contribution in [3.05, 3.63) is 59.4 Å². The number of benzene rings is 1. The summed E-state index contributed by atoms with van der Waals surface area (Å²) in [7, 11) is 0. The number of nitrogens with one attached hydrogen (secondary N) is 1. The third kappa shape index (κ3) is 6.39. The fourth-order valence-corrected chi connectivity index (χ4v) is 4.28. The van der Waals surface area contributed by atoms with Crippen molar-refractivity contribution >= 4 is 29.3 Å². The predicted molar refractivity (Wildman–Crippen MR) is 122 cm³/mol. The number of alkyl halides is 6. The van der Waals surface area contributed by atoms with Crippen LogP contribution in [0.1, 0.15) is 23.6 Å². The molecule has 2 amide bonds. The van der Waals surface area contributed by atoms with E-state index in [4.69, 9.17) is 4.74 Å². The Kier molecular flexibility index (Phi) is 7.43. The molecule has 1 atom stereocenters. The molecule has 0 spiro atoms. The van der Waals surface area contributed by atoms with Gasteiger partial charge in [0.1, 0.15) is 6.61 Å². The summed E-state index contributed by atoms with van der Waals surface area (Å²) in [5.41, 5.74) is -2.74. The molecule has 8 nitrogen and oxygen atoms in total. The van der Waals surface area contributed by atoms with Gasteiger partial charge in [0.05, 0.1) is 22.9 Å². The average molecular weight is 546 g/mol. The number of hydrogen-bond donors (Lipinski definition) is 1. The molecule has 4 rings (SSSR count). The highest BCUT2D eigenvalue weighted by Gasteiger charge is 2.37. The molecule has 2 aromatic heterocycles. The van der Waals surface area contributed by atoms with E-state index >= 15 is 0 Å². The number of carbonyl (C=O) groups excluding carboxylic acids is 1. The van der Waals surface area contributed by atoms with Gasteiger partial charge in [-0.25, -0.2) is 4.79 Å². The molecular weight excluding hydrogens is 526 g/mol. The van der Waals surface area contributed by atoms with Gasteiger partial charge in [-0.05, 0) is 42.8 Å². The van der Waals surface area contributed by atoms with Crippen LogP contribution in [-0.2, 0) is 19.0 Å². The van der Waals surface area contributed by atoms with E-state index in [1.165, 1.54) is 4.90 Å². The Morgan fingerprint density at radius 2 is 1.70 bits per heavy atom. The van der Waals surface area contributed by atoms with E-state index in [1.807, 2.05) is 4.90 Å². The second-order valence-corrected chi connectivity index (χ2v) is 8.78. The Morgan fingerprint density at radius 3 is 2.30 bits per heavy atom. The van der Waals surface area contributed by atoms with Crippen molar-refractivity contribution < 1.29 is 35.9 Å². The molecule has 1 N–H and O–H groups in total. The van der Waals surface area contributed by atoms with Crippen molar-refractivity contribution in [3.8, 4) is 5.88 Å². The number of halogens is 6. The monoisotopic (exact) mass is 546 g/mol. The zero-order valence-electron chi connectivity index (χ0n) is 19.2. The Bertz CT molecular complexity index is 1200. The minimum atomic E-state index is -5.02. The van der Waals surface area contributed by atoms with E-state index in [2.05, 4.69) is 19.0 Å². The predicted octanol–water partition coefficient (Wildman–Crippen LogP) is 5.29. The zero-order chi connectivity index (χ0) is 26.8. The van der Waals surface area contributed by atoms with Gasteiger partial charge in [-0.3, -0.25) is 4.98 Å². The lowest BCUT2D eigenvalue weighted by atomic mass is 10.1. The Hall–Kier alpha value is -3.62. The number of ether oxygens (including phenoxy) is 1. The van der Waals surface area contributed by atoms with Gasteiger partial charge < -0.3 is 19.9 Å². The van der Waals surface area contributed by atoms with Crippen molar-refractivity contribution in [2.45, 2.75) is 31.9 Å². The molecule has 0 radical (unpaired) electrons. The molecule has 37 heavy (non-hydrogen) atoms. The topological polar surface area (TPSA) is 83.5 Å². The van der Waals surface area contributed by atoms with Crippen LogP contribution in [0.5, 0.6) is 5.88 Å². The Balaban J connectivity index is 1.42. The summed E-state index contributed by atoms with van der Waals surface area (Å²) in [4.78, 5) is 19.9. The fraction of sp³-hybridized carbons (Fsp3) is 0.364. The van der Waals surface area contributed by atoms with Gasteiger partial charge in [0.15, 0.2) is 0 Å². The van der Waals surface area contributed by atoms with Crippen LogP contribution in [-0.4, -0.2) is 50.3 Å². The second-order valence-electron chi connectivity index (χ2n) is 8.25. The maximum atomic E-state index is 13.1. The van der Waals surface area contributed by atoms with Crippen LogP contribution in [0.15, 0.2) is 42.7 Å². The van der Waals surface area contributed by atoms with Crippen molar-refractivity contribution in [2.75, 3.05) is 29.9 Å². The van der Waals surface area contributed by atoms with Gasteiger partial charge in [0.2, 0.25) is 5.82 Å². The average Bonchev–Trinajstić information content (AvgIpc) is 3.30. The van der Waals surface area contributed by atoms with Gasteiger partial charge in [-0.1, -0.05) is 0 Å². The summed E-state index contributed by atoms with van der Waals surface area (Å²) in [6.07, 6.45) is -6.76. The van der Waals surface area contributed by atoms with Crippen LogP contribution in [0.3, 0.4) is 0 Å². The molecule has 1 saturated heterocycles. The third-order valence-electron chi connectivity index (χ3n) is 5.59. The molecule has 3 heterocycles. The first-order valence-electron chi connectivity index (χ1n) is 10.9. The number of urea groups is 1. The van der Waals surface area contributed by atoms with Crippen LogP contribution in [0.4, 0.5) is 42.6 Å². The Morgan fingerprint density at radius 1 is 1.05 bits per heavy atom. The summed E-state index contributed by atoms with van der Waals surface area (Å²) < 4.78 is 93.0. The standard InChI is InChI=1S/C22H20F6N6O2S/c1-13-11-33(18-19(32-37-31-18)36-12-14-2-4-29-5-3-14)6-7-34(13)20(35)30-17-9-15(21(23,24)25)8-16(10-17)22(26,27)28/h2-5,8-10,13H,6-7,11-12H2,1H3,(H,30,35)/t13-/m0/s1. The van der Waals surface area contributed by atoms with E-state index in [-0.39, 0.29) is 19.2 Å². The lowest BCUT2D eigenvalue weighted by Gasteiger charge is -2.39. The molecule has 0 bridgehead atoms. The molecule has 3 aromatic rings. The van der Waals surface area contributed by atoms with Crippen LogP contribution in [0.2, 0.25) is 0 Å². The van der Waals surface area contributed by atoms with E-state index in [1.54, 1.807) is 31.5 Å². The summed E-state index contributed by atoms with van der Waals surface area (Å²) >= 11 is 0.956. The number of pyridine rings is 1. The summed E-state index contributed by atoms with van der Waals surface area (Å²) in [6, 6.07) is 3.28. The lowest BCUT2D eigenvalue weighted by Crippen LogP contribution is -2.55. The van der Waals surface area contributed by atoms with E-state index < -0.39 is 41.2 Å². The molecule has 0 aliphatic carbocycles. The van der Waals surface area contributed by atoms with Gasteiger partial charge in [0, 0.05) is 43.8 Å². The van der Waals surface area contributed by atoms with Crippen molar-refractivity contribution in [1.82, 2.24) is 18.6 Å². The summed E-state index contributed by atoms with van der Waals surface area (Å²) in [6.45, 7) is 2.68. The fourth-order valence-electron chi connectivity index (χ4n) is 3.76. The van der Waals surface area contributed by atoms with Crippen molar-refractivity contribution in [2.24, 2.45) is 0 Å². The van der Waals surface area contributed by atoms with Crippen molar-refractivity contribution in [1.29, 1.82) is 0 Å². The molecule has 1 aromatic carbocycles. The largest absolute Gasteiger partial charge is 0.470 e. The molecule has 1 aliphatic rings. The summed E-state index contributed by atoms with van der Waals surface area (Å²) in [5.74, 6) is 0.800. The zero-order valence-corrected chi connectivity index (χ0v) is 20.0. The van der Waals surface area contributed by atoms with Gasteiger partial charge in [-0.2, -0.15) is 30.7 Å². The molecule has 1 fully saturated rings. The van der Waals surface area contributed by atoms with Crippen LogP contribution in [0.25, 0.3) is 0 Å². The number of hydrogen-bond acceptors (Lipinski definition) is 7. The number of rotatable bonds is 5. The number of amides is 2. The van der Waals surface area contributed by atoms with Crippen molar-refractivity contribution in [3.63, 3.8) is 0 Å². The Labute approximate surface area is 211 Å². The van der Waals surface area contributed by atoms with Crippen LogP contribution >= 0.6 is 11.7 Å². The van der Waals surface area contributed by atoms with E-state index in [0.717, 1.165) is 17.3 Å². The highest BCUT2D eigenvalue weighted by molar-refractivity contribution is 6.99. The number of aromatic nitrogens is 3. The third-order valence-corrected chi connectivity index (χ3v) is 6.10. The molecule has 0 saturated carbocycles. The normalized spacial score (nSPS) is 16.6. The highest BCUT2D eigenvalue weighted by atomic mass is 32.1. The number of anilines is 2. The van der Waals surface area contributed by atoms with Gasteiger partial charge >= 0.3 is 18.4 Å². The SMILES string of the molecule is C[C@H]1CN(c2nsnc2OCc2ccncc2)CCN1C(=O)Nc1cc(C(F)(F)F)cc(C(F)(F)F)c1. The van der Waals surface area contributed by atoms with E-state index in [0.29, 0.717) is 36.9 Å². The second kappa shape index (κ2) is 10.4. The first-order chi connectivity index (χ1) is 17.4. The highest BCUT2D eigenvalue weighted by Crippen LogP contribution is 2.37. The van der Waals surface area contributed by atoms with E-state index in [9.17, 15) is 31.1 Å². The maximum Gasteiger partial charge on any atom is 0.416 e. The number of carbonyl (C=O) groups is 1. The minimum absolute atomic E-state index is 0.00722. The first kappa shape index (κ1) is 26.4. The summed E-state index contributed by atoms with van der Waals surface area (Å²) in [5, 5.41) is 2.18. The molecule has 1 aliphatic heterocycles. The molecule has 198 valence electrons. The number of nitrogens with zero attached hydrogens (tertiary/aromatic N) is 5. The smallest absolute Gasteiger partial charge is 0.416 e. The molecule has 15 heteroatoms. The quantitative estimate of drug-likeness (QED) is 0.438. The minimum Gasteiger partial charge on any atom is -0.470 e. The molecule has 0 unspecified atom stereocenters. The first-order valence-corrected chi connectivity index (χ1v) is 11.6. The lowest BCUT2D eigenvalue weighted by molar-refractivity contribution is -0.143. The van der Waals surface area contributed by atoms with Gasteiger partial charge in [-0.15, -0.1) is 4.37 Å². The number of piperazine rings is 1. The maximum absolute atomic E-state index is 13.1. The van der Waals surface area contributed by atoms with Gasteiger partial charge in [0.25, 0.3) is 5.88 Å². The van der Waals surface area contributed by atoms with Crippen LogP contribution < -0.4 is 15.0 Å². The van der Waals surface area contributed by atoms with Crippen LogP contribution in [0, 0.1) is 0 Å².